The molecule has 1 atom stereocenters. The van der Waals surface area contributed by atoms with Gasteiger partial charge in [-0.3, -0.25) is 0 Å². The molecule has 74 valence electrons. The van der Waals surface area contributed by atoms with E-state index in [1.54, 1.807) is 12.1 Å². The first kappa shape index (κ1) is 12.6. The van der Waals surface area contributed by atoms with Crippen LogP contribution in [0.4, 0.5) is 4.39 Å². The fourth-order valence-corrected chi connectivity index (χ4v) is 0.972. The minimum Gasteiger partial charge on any atom is -0.321 e. The minimum atomic E-state index is -0.525. The predicted molar refractivity (Wildman–Crippen MR) is 55.5 cm³/mol. The molecule has 0 aliphatic carbocycles. The zero-order valence-electron chi connectivity index (χ0n) is 7.40. The first-order valence-corrected chi connectivity index (χ1v) is 3.76. The molecule has 0 bridgehead atoms. The fourth-order valence-electron chi connectivity index (χ4n) is 0.972. The second-order valence-electron chi connectivity index (χ2n) is 2.61. The minimum absolute atomic E-state index is 0. The van der Waals surface area contributed by atoms with Crippen molar-refractivity contribution in [3.05, 3.63) is 47.8 Å². The monoisotopic (exact) mass is 212 g/mol. The van der Waals surface area contributed by atoms with Gasteiger partial charge in [0.2, 0.25) is 0 Å². The summed E-state index contributed by atoms with van der Waals surface area (Å²) in [6, 6.07) is 5.61. The molecule has 0 spiro atoms. The van der Waals surface area contributed by atoms with Crippen molar-refractivity contribution >= 4 is 12.4 Å². The Kier molecular flexibility index (Phi) is 4.85. The molecule has 2 nitrogen and oxygen atoms in total. The van der Waals surface area contributed by atoms with E-state index in [1.165, 1.54) is 18.2 Å². The number of nitrogens with zero attached hydrogens (tertiary/aromatic N) is 1. The van der Waals surface area contributed by atoms with Gasteiger partial charge in [-0.2, -0.15) is 5.26 Å². The lowest BCUT2D eigenvalue weighted by molar-refractivity contribution is 0.622. The highest BCUT2D eigenvalue weighted by Crippen LogP contribution is 2.15. The van der Waals surface area contributed by atoms with E-state index < -0.39 is 5.82 Å². The van der Waals surface area contributed by atoms with Crippen LogP contribution in [0, 0.1) is 17.1 Å². The lowest BCUT2D eigenvalue weighted by Gasteiger charge is -2.06. The number of halogens is 2. The van der Waals surface area contributed by atoms with Gasteiger partial charge in [-0.25, -0.2) is 4.39 Å². The second kappa shape index (κ2) is 5.38. The van der Waals surface area contributed by atoms with Crippen LogP contribution < -0.4 is 5.73 Å². The zero-order valence-corrected chi connectivity index (χ0v) is 8.22. The van der Waals surface area contributed by atoms with E-state index in [0.29, 0.717) is 5.56 Å². The van der Waals surface area contributed by atoms with E-state index in [9.17, 15) is 4.39 Å². The van der Waals surface area contributed by atoms with Gasteiger partial charge in [-0.15, -0.1) is 19.0 Å². The summed E-state index contributed by atoms with van der Waals surface area (Å²) in [4.78, 5) is 0. The third kappa shape index (κ3) is 2.56. The van der Waals surface area contributed by atoms with Crippen molar-refractivity contribution in [3.63, 3.8) is 0 Å². The molecule has 1 rings (SSSR count). The Bertz CT molecular complexity index is 371. The molecule has 0 unspecified atom stereocenters. The van der Waals surface area contributed by atoms with Crippen molar-refractivity contribution in [2.24, 2.45) is 5.73 Å². The number of hydrogen-bond donors (Lipinski definition) is 1. The van der Waals surface area contributed by atoms with Crippen molar-refractivity contribution in [2.75, 3.05) is 0 Å². The smallest absolute Gasteiger partial charge is 0.140 e. The van der Waals surface area contributed by atoms with Gasteiger partial charge in [0.15, 0.2) is 0 Å². The number of nitriles is 1. The average Bonchev–Trinajstić information content (AvgIpc) is 2.17. The Labute approximate surface area is 88.3 Å². The molecule has 0 aliphatic rings. The summed E-state index contributed by atoms with van der Waals surface area (Å²) in [7, 11) is 0. The molecule has 4 heteroatoms. The second-order valence-corrected chi connectivity index (χ2v) is 2.61. The van der Waals surface area contributed by atoms with E-state index in [1.807, 2.05) is 0 Å². The van der Waals surface area contributed by atoms with Crippen LogP contribution in [-0.4, -0.2) is 0 Å². The highest BCUT2D eigenvalue weighted by Gasteiger charge is 2.05. The topological polar surface area (TPSA) is 49.8 Å². The summed E-state index contributed by atoms with van der Waals surface area (Å²) < 4.78 is 12.8. The molecule has 14 heavy (non-hydrogen) atoms. The van der Waals surface area contributed by atoms with Crippen LogP contribution in [0.25, 0.3) is 0 Å². The third-order valence-corrected chi connectivity index (χ3v) is 1.75. The van der Waals surface area contributed by atoms with Crippen molar-refractivity contribution in [2.45, 2.75) is 6.04 Å². The van der Waals surface area contributed by atoms with Crippen molar-refractivity contribution in [1.29, 1.82) is 5.26 Å². The summed E-state index contributed by atoms with van der Waals surface area (Å²) in [5.74, 6) is -0.525. The van der Waals surface area contributed by atoms with Crippen molar-refractivity contribution in [1.82, 2.24) is 0 Å². The van der Waals surface area contributed by atoms with Gasteiger partial charge in [0.1, 0.15) is 11.9 Å². The summed E-state index contributed by atoms with van der Waals surface area (Å²) in [5.41, 5.74) is 6.32. The van der Waals surface area contributed by atoms with Crippen LogP contribution in [0.2, 0.25) is 0 Å². The number of hydrogen-bond acceptors (Lipinski definition) is 2. The summed E-state index contributed by atoms with van der Waals surface area (Å²) in [5, 5.41) is 8.54. The van der Waals surface area contributed by atoms with E-state index in [0.717, 1.165) is 0 Å². The summed E-state index contributed by atoms with van der Waals surface area (Å²) >= 11 is 0. The Morgan fingerprint density at radius 2 is 2.21 bits per heavy atom. The van der Waals surface area contributed by atoms with Crippen LogP contribution in [0.5, 0.6) is 0 Å². The third-order valence-electron chi connectivity index (χ3n) is 1.75. The van der Waals surface area contributed by atoms with Crippen molar-refractivity contribution < 1.29 is 4.39 Å². The van der Waals surface area contributed by atoms with Gasteiger partial charge >= 0.3 is 0 Å². The molecule has 0 saturated carbocycles. The van der Waals surface area contributed by atoms with Crippen LogP contribution in [0.1, 0.15) is 17.2 Å². The zero-order chi connectivity index (χ0) is 9.84. The molecule has 1 aromatic carbocycles. The molecule has 0 amide bonds. The lowest BCUT2D eigenvalue weighted by atomic mass is 10.0. The number of nitrogens with two attached hydrogens (primary N) is 1. The predicted octanol–water partition coefficient (Wildman–Crippen LogP) is 2.30. The Morgan fingerprint density at radius 1 is 1.57 bits per heavy atom. The molecule has 0 heterocycles. The van der Waals surface area contributed by atoms with E-state index in [2.05, 4.69) is 6.58 Å². The Hall–Kier alpha value is -1.37. The van der Waals surface area contributed by atoms with Gasteiger partial charge in [-0.1, -0.05) is 12.1 Å². The van der Waals surface area contributed by atoms with Gasteiger partial charge in [-0.05, 0) is 17.7 Å². The molecule has 2 N–H and O–H groups in total. The molecule has 1 aromatic rings. The highest BCUT2D eigenvalue weighted by atomic mass is 35.5. The molecule has 0 aliphatic heterocycles. The quantitative estimate of drug-likeness (QED) is 0.765. The number of benzene rings is 1. The van der Waals surface area contributed by atoms with Crippen LogP contribution in [0.3, 0.4) is 0 Å². The van der Waals surface area contributed by atoms with Crippen molar-refractivity contribution in [3.8, 4) is 6.07 Å². The standard InChI is InChI=1S/C10H9FN2.ClH/c1-2-10(13)7-3-4-9(11)8(5-7)6-12;/h2-5,10H,1,13H2;1H/t10-;/m0./s1. The fraction of sp³-hybridized carbons (Fsp3) is 0.100. The Balaban J connectivity index is 0.00000169. The van der Waals surface area contributed by atoms with Gasteiger partial charge in [0, 0.05) is 6.04 Å². The first-order valence-electron chi connectivity index (χ1n) is 3.76. The molecule has 0 aromatic heterocycles. The van der Waals surface area contributed by atoms with Gasteiger partial charge in [0.05, 0.1) is 5.56 Å². The van der Waals surface area contributed by atoms with Gasteiger partial charge < -0.3 is 5.73 Å². The maximum atomic E-state index is 12.8. The van der Waals surface area contributed by atoms with E-state index in [-0.39, 0.29) is 24.0 Å². The molecule has 0 saturated heterocycles. The van der Waals surface area contributed by atoms with Gasteiger partial charge in [0.25, 0.3) is 0 Å². The summed E-state index contributed by atoms with van der Waals surface area (Å²) in [6.45, 7) is 3.51. The van der Waals surface area contributed by atoms with Crippen LogP contribution in [-0.2, 0) is 0 Å². The molecule has 0 fully saturated rings. The maximum absolute atomic E-state index is 12.8. The molecular weight excluding hydrogens is 203 g/mol. The van der Waals surface area contributed by atoms with E-state index in [4.69, 9.17) is 11.0 Å². The van der Waals surface area contributed by atoms with Crippen LogP contribution >= 0.6 is 12.4 Å². The average molecular weight is 213 g/mol. The largest absolute Gasteiger partial charge is 0.321 e. The normalized spacial score (nSPS) is 10.9. The first-order chi connectivity index (χ1) is 6.19. The SMILES string of the molecule is C=C[C@H](N)c1ccc(F)c(C#N)c1.Cl. The highest BCUT2D eigenvalue weighted by molar-refractivity contribution is 5.85. The van der Waals surface area contributed by atoms with E-state index >= 15 is 0 Å². The lowest BCUT2D eigenvalue weighted by Crippen LogP contribution is -2.06. The molecule has 0 radical (unpaired) electrons. The Morgan fingerprint density at radius 3 is 2.71 bits per heavy atom. The maximum Gasteiger partial charge on any atom is 0.140 e. The summed E-state index contributed by atoms with van der Waals surface area (Å²) in [6.07, 6.45) is 1.54. The van der Waals surface area contributed by atoms with Crippen LogP contribution in [0.15, 0.2) is 30.9 Å². The number of rotatable bonds is 2. The molecular formula is C10H10ClFN2.